The van der Waals surface area contributed by atoms with Gasteiger partial charge in [-0.15, -0.1) is 0 Å². The third-order valence-electron chi connectivity index (χ3n) is 9.69. The summed E-state index contributed by atoms with van der Waals surface area (Å²) in [6.07, 6.45) is 9.52. The molecule has 1 aliphatic heterocycles. The fourth-order valence-corrected chi connectivity index (χ4v) is 7.52. The number of ether oxygens (including phenoxy) is 4. The first-order valence-electron chi connectivity index (χ1n) is 16.0. The van der Waals surface area contributed by atoms with E-state index in [1.807, 2.05) is 29.2 Å². The topological polar surface area (TPSA) is 112 Å². The molecular weight excluding hydrogens is 562 g/mol. The summed E-state index contributed by atoms with van der Waals surface area (Å²) in [4.78, 5) is 40.8. The number of carboxylic acids is 1. The minimum atomic E-state index is -1.07. The maximum atomic E-state index is 14.0. The van der Waals surface area contributed by atoms with Crippen LogP contribution in [-0.4, -0.2) is 61.3 Å². The number of likely N-dealkylation sites (tertiary alicyclic amines) is 1. The number of piperidine rings is 1. The number of carboxylic acid groups (broad SMARTS) is 1. The zero-order valence-corrected chi connectivity index (χ0v) is 25.9. The number of nitrogens with zero attached hydrogens (tertiary/aromatic N) is 1. The maximum absolute atomic E-state index is 14.0. The maximum Gasteiger partial charge on any atom is 0.341 e. The highest BCUT2D eigenvalue weighted by Gasteiger charge is 2.44. The second-order valence-electron chi connectivity index (χ2n) is 12.3. The summed E-state index contributed by atoms with van der Waals surface area (Å²) >= 11 is 0. The average Bonchev–Trinajstić information content (AvgIpc) is 3.54. The number of amides is 1. The Hall–Kier alpha value is -3.75. The van der Waals surface area contributed by atoms with Crippen LogP contribution in [-0.2, 0) is 25.5 Å². The third-order valence-corrected chi connectivity index (χ3v) is 9.69. The van der Waals surface area contributed by atoms with E-state index in [9.17, 15) is 14.4 Å². The third kappa shape index (κ3) is 7.48. The number of carbonyl (C=O) groups excluding carboxylic acids is 2. The Kier molecular flexibility index (Phi) is 10.7. The van der Waals surface area contributed by atoms with Crippen molar-refractivity contribution >= 4 is 17.8 Å². The fourth-order valence-electron chi connectivity index (χ4n) is 7.52. The predicted octanol–water partition coefficient (Wildman–Crippen LogP) is 5.98. The van der Waals surface area contributed by atoms with Crippen LogP contribution in [0.25, 0.3) is 0 Å². The van der Waals surface area contributed by atoms with Crippen molar-refractivity contribution < 1.29 is 38.4 Å². The Balaban J connectivity index is 1.35. The molecule has 9 heteroatoms. The van der Waals surface area contributed by atoms with Gasteiger partial charge in [0.2, 0.25) is 5.91 Å². The van der Waals surface area contributed by atoms with E-state index >= 15 is 0 Å². The van der Waals surface area contributed by atoms with Gasteiger partial charge in [-0.1, -0.05) is 43.9 Å². The van der Waals surface area contributed by atoms with Gasteiger partial charge in [0.1, 0.15) is 17.9 Å². The monoisotopic (exact) mass is 607 g/mol. The summed E-state index contributed by atoms with van der Waals surface area (Å²) in [6.45, 7) is 0.114. The van der Waals surface area contributed by atoms with Gasteiger partial charge in [0.05, 0.1) is 14.2 Å². The lowest BCUT2D eigenvalue weighted by Gasteiger charge is -2.41. The number of hydrogen-bond donors (Lipinski definition) is 1. The quantitative estimate of drug-likeness (QED) is 0.293. The Bertz CT molecular complexity index is 1310. The van der Waals surface area contributed by atoms with Gasteiger partial charge in [0.25, 0.3) is 0 Å². The predicted molar refractivity (Wildman–Crippen MR) is 164 cm³/mol. The van der Waals surface area contributed by atoms with Crippen LogP contribution in [0.2, 0.25) is 0 Å². The summed E-state index contributed by atoms with van der Waals surface area (Å²) in [5.74, 6) is 1.40. The lowest BCUT2D eigenvalue weighted by atomic mass is 9.73. The summed E-state index contributed by atoms with van der Waals surface area (Å²) in [5.41, 5.74) is 1.69. The second kappa shape index (κ2) is 14.8. The van der Waals surface area contributed by atoms with Crippen molar-refractivity contribution in [3.8, 4) is 17.2 Å². The SMILES string of the molecule is COc1ccc(CC[C@@H](OC(=O)[C@@H]2CCCCN2C(=O)[C@@H]2CCC[C@@H]3CCC[C@H]32)c2cccc(OCC(=O)O)c2)cc1OC. The molecule has 3 fully saturated rings. The van der Waals surface area contributed by atoms with Crippen LogP contribution in [0.15, 0.2) is 42.5 Å². The minimum absolute atomic E-state index is 0.00793. The molecule has 0 unspecified atom stereocenters. The average molecular weight is 608 g/mol. The fraction of sp³-hybridized carbons (Fsp3) is 0.571. The zero-order chi connectivity index (χ0) is 31.1. The van der Waals surface area contributed by atoms with E-state index in [1.54, 1.807) is 32.4 Å². The second-order valence-corrected chi connectivity index (χ2v) is 12.3. The Morgan fingerprint density at radius 2 is 1.70 bits per heavy atom. The van der Waals surface area contributed by atoms with E-state index in [1.165, 1.54) is 19.3 Å². The van der Waals surface area contributed by atoms with Gasteiger partial charge >= 0.3 is 11.9 Å². The molecule has 1 N–H and O–H groups in total. The number of aryl methyl sites for hydroxylation is 1. The van der Waals surface area contributed by atoms with Crippen molar-refractivity contribution in [2.45, 2.75) is 82.8 Å². The van der Waals surface area contributed by atoms with Crippen LogP contribution in [0.3, 0.4) is 0 Å². The molecule has 0 bridgehead atoms. The molecule has 1 saturated heterocycles. The molecule has 5 atom stereocenters. The van der Waals surface area contributed by atoms with Crippen LogP contribution < -0.4 is 14.2 Å². The number of aliphatic carboxylic acids is 1. The van der Waals surface area contributed by atoms with Gasteiger partial charge in [-0.25, -0.2) is 9.59 Å². The van der Waals surface area contributed by atoms with Gasteiger partial charge in [-0.2, -0.15) is 0 Å². The summed E-state index contributed by atoms with van der Waals surface area (Å²) in [6, 6.07) is 12.1. The van der Waals surface area contributed by atoms with Gasteiger partial charge in [-0.05, 0) is 92.2 Å². The van der Waals surface area contributed by atoms with Crippen LogP contribution in [0.5, 0.6) is 17.2 Å². The van der Waals surface area contributed by atoms with E-state index in [4.69, 9.17) is 24.1 Å². The van der Waals surface area contributed by atoms with Gasteiger partial charge in [0.15, 0.2) is 18.1 Å². The molecule has 238 valence electrons. The first-order chi connectivity index (χ1) is 21.4. The molecule has 0 aromatic heterocycles. The molecule has 44 heavy (non-hydrogen) atoms. The number of carbonyl (C=O) groups is 3. The van der Waals surface area contributed by atoms with E-state index in [-0.39, 0.29) is 17.8 Å². The van der Waals surface area contributed by atoms with Crippen molar-refractivity contribution in [1.29, 1.82) is 0 Å². The summed E-state index contributed by atoms with van der Waals surface area (Å²) in [7, 11) is 3.18. The summed E-state index contributed by atoms with van der Waals surface area (Å²) < 4.78 is 22.5. The molecule has 1 amide bonds. The van der Waals surface area contributed by atoms with Crippen molar-refractivity contribution in [1.82, 2.24) is 4.90 Å². The number of rotatable bonds is 12. The number of hydrogen-bond acceptors (Lipinski definition) is 7. The highest BCUT2D eigenvalue weighted by atomic mass is 16.5. The van der Waals surface area contributed by atoms with Crippen LogP contribution in [0, 0.1) is 17.8 Å². The number of esters is 1. The molecule has 2 aliphatic carbocycles. The van der Waals surface area contributed by atoms with E-state index in [0.29, 0.717) is 60.5 Å². The van der Waals surface area contributed by atoms with Gasteiger partial charge < -0.3 is 29.0 Å². The largest absolute Gasteiger partial charge is 0.493 e. The molecule has 2 aromatic rings. The first-order valence-corrected chi connectivity index (χ1v) is 16.0. The molecule has 2 aromatic carbocycles. The minimum Gasteiger partial charge on any atom is -0.493 e. The molecule has 0 radical (unpaired) electrons. The number of fused-ring (bicyclic) bond motifs is 1. The molecule has 5 rings (SSSR count). The Labute approximate surface area is 259 Å². The van der Waals surface area contributed by atoms with E-state index in [0.717, 1.165) is 37.7 Å². The first kappa shape index (κ1) is 31.7. The normalized spacial score (nSPS) is 23.7. The Morgan fingerprint density at radius 3 is 2.48 bits per heavy atom. The van der Waals surface area contributed by atoms with Crippen molar-refractivity contribution in [3.63, 3.8) is 0 Å². The molecule has 2 saturated carbocycles. The van der Waals surface area contributed by atoms with Crippen LogP contribution in [0.1, 0.15) is 81.4 Å². The van der Waals surface area contributed by atoms with E-state index < -0.39 is 24.7 Å². The van der Waals surface area contributed by atoms with Crippen molar-refractivity contribution in [2.24, 2.45) is 17.8 Å². The van der Waals surface area contributed by atoms with Gasteiger partial charge in [-0.3, -0.25) is 4.79 Å². The molecule has 0 spiro atoms. The van der Waals surface area contributed by atoms with Crippen LogP contribution in [0.4, 0.5) is 0 Å². The highest BCUT2D eigenvalue weighted by molar-refractivity contribution is 5.86. The molecule has 3 aliphatic rings. The lowest BCUT2D eigenvalue weighted by molar-refractivity contribution is -0.164. The standard InChI is InChI=1S/C35H45NO8/c1-41-31-18-16-23(20-32(31)42-2)15-17-30(25-10-5-11-26(21-25)43-22-33(37)38)44-35(40)29-14-3-4-19-36(29)34(39)28-13-7-9-24-8-6-12-27(24)28/h5,10-11,16,18,20-21,24,27-30H,3-4,6-9,12-15,17,19,22H2,1-2H3,(H,37,38)/t24-,27+,28+,29-,30+/m0/s1. The highest BCUT2D eigenvalue weighted by Crippen LogP contribution is 2.46. The molecule has 1 heterocycles. The number of benzene rings is 2. The van der Waals surface area contributed by atoms with Gasteiger partial charge in [0, 0.05) is 12.5 Å². The summed E-state index contributed by atoms with van der Waals surface area (Å²) in [5, 5.41) is 9.08. The smallest absolute Gasteiger partial charge is 0.341 e. The molecular formula is C35H45NO8. The zero-order valence-electron chi connectivity index (χ0n) is 25.9. The number of methoxy groups -OCH3 is 2. The van der Waals surface area contributed by atoms with Crippen molar-refractivity contribution in [2.75, 3.05) is 27.4 Å². The lowest BCUT2D eigenvalue weighted by Crippen LogP contribution is -2.52. The Morgan fingerprint density at radius 1 is 0.909 bits per heavy atom. The molecule has 9 nitrogen and oxygen atoms in total. The van der Waals surface area contributed by atoms with Crippen LogP contribution >= 0.6 is 0 Å². The van der Waals surface area contributed by atoms with E-state index in [2.05, 4.69) is 0 Å². The van der Waals surface area contributed by atoms with Crippen molar-refractivity contribution in [3.05, 3.63) is 53.6 Å².